The van der Waals surface area contributed by atoms with Crippen LogP contribution in [0.1, 0.15) is 96.5 Å². The molecule has 3 fully saturated rings. The fourth-order valence-corrected chi connectivity index (χ4v) is 7.35. The van der Waals surface area contributed by atoms with Gasteiger partial charge in [0, 0.05) is 29.0 Å². The Morgan fingerprint density at radius 3 is 2.14 bits per heavy atom. The van der Waals surface area contributed by atoms with Crippen LogP contribution < -0.4 is 4.74 Å². The highest BCUT2D eigenvalue weighted by Gasteiger charge is 2.46. The van der Waals surface area contributed by atoms with Gasteiger partial charge in [0.25, 0.3) is 0 Å². The molecule has 2 saturated carbocycles. The summed E-state index contributed by atoms with van der Waals surface area (Å²) in [6.07, 6.45) is 8.73. The number of unbranched alkanes of at least 4 members (excludes halogenated alkanes) is 2. The second kappa shape index (κ2) is 15.0. The maximum Gasteiger partial charge on any atom is 0.400 e. The van der Waals surface area contributed by atoms with Gasteiger partial charge in [0.15, 0.2) is 6.29 Å². The van der Waals surface area contributed by atoms with Gasteiger partial charge in [-0.2, -0.15) is 8.78 Å². The summed E-state index contributed by atoms with van der Waals surface area (Å²) in [6.45, 7) is 5.45. The van der Waals surface area contributed by atoms with Crippen molar-refractivity contribution in [3.63, 3.8) is 0 Å². The number of ether oxygens (including phenoxy) is 3. The largest absolute Gasteiger partial charge is 0.432 e. The van der Waals surface area contributed by atoms with Crippen LogP contribution in [0.5, 0.6) is 5.75 Å². The van der Waals surface area contributed by atoms with Crippen molar-refractivity contribution in [1.29, 1.82) is 0 Å². The molecule has 0 spiro atoms. The molecule has 3 aliphatic rings. The monoisotopic (exact) mass is 596 g/mol. The van der Waals surface area contributed by atoms with Crippen LogP contribution in [0.4, 0.5) is 13.2 Å². The van der Waals surface area contributed by atoms with E-state index in [-0.39, 0.29) is 18.0 Å². The van der Waals surface area contributed by atoms with Crippen molar-refractivity contribution in [3.05, 3.63) is 53.8 Å². The van der Waals surface area contributed by atoms with E-state index in [4.69, 9.17) is 14.2 Å². The fourth-order valence-electron chi connectivity index (χ4n) is 7.35. The average molecular weight is 597 g/mol. The zero-order chi connectivity index (χ0) is 30.2. The van der Waals surface area contributed by atoms with Gasteiger partial charge in [0.05, 0.1) is 19.1 Å². The molecular formula is C37H47F3O3. The summed E-state index contributed by atoms with van der Waals surface area (Å²) in [5, 5.41) is 0. The molecule has 6 heteroatoms. The topological polar surface area (TPSA) is 27.7 Å². The predicted molar refractivity (Wildman–Crippen MR) is 164 cm³/mol. The number of hydrogen-bond donors (Lipinski definition) is 0. The van der Waals surface area contributed by atoms with Crippen LogP contribution in [0.15, 0.2) is 42.5 Å². The molecule has 0 amide bonds. The number of hydrogen-bond acceptors (Lipinski definition) is 3. The molecule has 1 heterocycles. The van der Waals surface area contributed by atoms with Crippen molar-refractivity contribution in [1.82, 2.24) is 0 Å². The highest BCUT2D eigenvalue weighted by Crippen LogP contribution is 2.43. The van der Waals surface area contributed by atoms with Gasteiger partial charge in [0.1, 0.15) is 11.6 Å². The van der Waals surface area contributed by atoms with Crippen LogP contribution in [0, 0.1) is 47.2 Å². The molecule has 234 valence electrons. The Balaban J connectivity index is 1.06. The van der Waals surface area contributed by atoms with Crippen molar-refractivity contribution in [2.45, 2.75) is 103 Å². The third kappa shape index (κ3) is 8.37. The standard InChI is InChI=1S/C37H47F3O3/c1-3-5-6-8-27-9-13-28(14-10-27)31-24-41-36(42-25-31)30-17-19-32(20-18-30)37(39,40)43-33-21-22-34(35(38)23-33)29-15-11-26(7-4-2)12-16-29/h11-12,15-16,21-23,27-28,30-32,36H,3,5-6,8-10,13-14,17-20,24-25H2,1-2H3. The predicted octanol–water partition coefficient (Wildman–Crippen LogP) is 10.0. The summed E-state index contributed by atoms with van der Waals surface area (Å²) in [5.41, 5.74) is 1.81. The van der Waals surface area contributed by atoms with E-state index >= 15 is 8.78 Å². The van der Waals surface area contributed by atoms with Crippen molar-refractivity contribution < 1.29 is 27.4 Å². The Bertz CT molecular complexity index is 1210. The quantitative estimate of drug-likeness (QED) is 0.202. The first-order valence-corrected chi connectivity index (χ1v) is 16.5. The number of rotatable bonds is 10. The SMILES string of the molecule is CC#Cc1ccc(-c2ccc(OC(F)(F)C3CCC(C4OCC(C5CCC(CCCCC)CC5)CO4)CC3)cc2F)cc1. The van der Waals surface area contributed by atoms with Crippen molar-refractivity contribution in [2.75, 3.05) is 13.2 Å². The van der Waals surface area contributed by atoms with Gasteiger partial charge in [-0.25, -0.2) is 4.39 Å². The van der Waals surface area contributed by atoms with Gasteiger partial charge in [-0.1, -0.05) is 63.5 Å². The van der Waals surface area contributed by atoms with E-state index in [1.807, 2.05) is 12.1 Å². The first-order valence-electron chi connectivity index (χ1n) is 16.5. The van der Waals surface area contributed by atoms with Crippen LogP contribution in [-0.4, -0.2) is 25.6 Å². The zero-order valence-corrected chi connectivity index (χ0v) is 25.8. The smallest absolute Gasteiger partial charge is 0.400 e. The molecule has 2 aromatic carbocycles. The molecule has 0 unspecified atom stereocenters. The van der Waals surface area contributed by atoms with Gasteiger partial charge in [0.2, 0.25) is 0 Å². The van der Waals surface area contributed by atoms with Crippen LogP contribution in [-0.2, 0) is 9.47 Å². The Kier molecular flexibility index (Phi) is 11.1. The molecule has 2 aliphatic carbocycles. The van der Waals surface area contributed by atoms with Crippen LogP contribution in [0.2, 0.25) is 0 Å². The summed E-state index contributed by atoms with van der Waals surface area (Å²) in [4.78, 5) is 0. The van der Waals surface area contributed by atoms with Gasteiger partial charge < -0.3 is 14.2 Å². The molecule has 3 nitrogen and oxygen atoms in total. The van der Waals surface area contributed by atoms with Crippen LogP contribution in [0.3, 0.4) is 0 Å². The summed E-state index contributed by atoms with van der Waals surface area (Å²) in [6, 6.07) is 11.1. The minimum Gasteiger partial charge on any atom is -0.432 e. The lowest BCUT2D eigenvalue weighted by Gasteiger charge is -2.41. The summed E-state index contributed by atoms with van der Waals surface area (Å²) in [7, 11) is 0. The molecule has 0 bridgehead atoms. The molecule has 0 atom stereocenters. The molecule has 2 aromatic rings. The van der Waals surface area contributed by atoms with E-state index in [0.717, 1.165) is 17.5 Å². The average Bonchev–Trinajstić information content (AvgIpc) is 3.02. The molecule has 1 aliphatic heterocycles. The number of benzene rings is 2. The molecule has 1 saturated heterocycles. The lowest BCUT2D eigenvalue weighted by Crippen LogP contribution is -2.43. The Labute approximate surface area is 255 Å². The second-order valence-electron chi connectivity index (χ2n) is 12.9. The second-order valence-corrected chi connectivity index (χ2v) is 12.9. The normalized spacial score (nSPS) is 28.1. The number of alkyl halides is 2. The highest BCUT2D eigenvalue weighted by atomic mass is 19.3. The first kappa shape index (κ1) is 31.9. The first-order chi connectivity index (χ1) is 20.9. The molecule has 0 aromatic heterocycles. The van der Waals surface area contributed by atoms with E-state index in [9.17, 15) is 4.39 Å². The Morgan fingerprint density at radius 1 is 0.837 bits per heavy atom. The molecule has 0 radical (unpaired) electrons. The van der Waals surface area contributed by atoms with E-state index in [1.165, 1.54) is 63.5 Å². The summed E-state index contributed by atoms with van der Waals surface area (Å²) >= 11 is 0. The van der Waals surface area contributed by atoms with Crippen molar-refractivity contribution in [3.8, 4) is 28.7 Å². The molecule has 0 N–H and O–H groups in total. The maximum absolute atomic E-state index is 15.2. The van der Waals surface area contributed by atoms with Crippen molar-refractivity contribution in [2.24, 2.45) is 29.6 Å². The van der Waals surface area contributed by atoms with E-state index in [1.54, 1.807) is 19.1 Å². The van der Waals surface area contributed by atoms with Gasteiger partial charge in [-0.15, -0.1) is 5.92 Å². The summed E-state index contributed by atoms with van der Waals surface area (Å²) in [5.74, 6) is 6.21. The minimum absolute atomic E-state index is 0.119. The van der Waals surface area contributed by atoms with Gasteiger partial charge in [-0.05, 0) is 87.1 Å². The van der Waals surface area contributed by atoms with E-state index in [2.05, 4.69) is 18.8 Å². The molecule has 43 heavy (non-hydrogen) atoms. The zero-order valence-electron chi connectivity index (χ0n) is 25.8. The third-order valence-electron chi connectivity index (χ3n) is 10.0. The third-order valence-corrected chi connectivity index (χ3v) is 10.0. The fraction of sp³-hybridized carbons (Fsp3) is 0.622. The minimum atomic E-state index is -3.38. The Hall–Kier alpha value is -2.49. The maximum atomic E-state index is 15.2. The highest BCUT2D eigenvalue weighted by molar-refractivity contribution is 5.66. The van der Waals surface area contributed by atoms with Crippen molar-refractivity contribution >= 4 is 0 Å². The van der Waals surface area contributed by atoms with Gasteiger partial charge >= 0.3 is 6.11 Å². The lowest BCUT2D eigenvalue weighted by molar-refractivity contribution is -0.251. The van der Waals surface area contributed by atoms with E-state index < -0.39 is 17.8 Å². The van der Waals surface area contributed by atoms with E-state index in [0.29, 0.717) is 61.9 Å². The lowest BCUT2D eigenvalue weighted by atomic mass is 9.74. The Morgan fingerprint density at radius 2 is 1.51 bits per heavy atom. The number of halogens is 3. The summed E-state index contributed by atoms with van der Waals surface area (Å²) < 4.78 is 62.8. The van der Waals surface area contributed by atoms with Crippen LogP contribution in [0.25, 0.3) is 11.1 Å². The van der Waals surface area contributed by atoms with Crippen LogP contribution >= 0.6 is 0 Å². The molecular weight excluding hydrogens is 549 g/mol. The van der Waals surface area contributed by atoms with Gasteiger partial charge in [-0.3, -0.25) is 0 Å². The molecule has 5 rings (SSSR count).